The lowest BCUT2D eigenvalue weighted by Crippen LogP contribution is -2.51. The standard InChI is InChI=1S/C22H24ClN5O3/c1-4-28-21(31)16-7-5-6-8-17(16)24-22(28)27-26-20(30)18(13(2)3)25-19(29)14-9-11-15(23)12-10-14/h5-13,18H,4H2,1-3H3,(H,24,27)(H,25,29)(H,26,30). The summed E-state index contributed by atoms with van der Waals surface area (Å²) >= 11 is 5.86. The summed E-state index contributed by atoms with van der Waals surface area (Å²) in [6.07, 6.45) is 0. The van der Waals surface area contributed by atoms with Crippen LogP contribution in [0.2, 0.25) is 5.02 Å². The Balaban J connectivity index is 1.76. The number of anilines is 1. The molecule has 0 spiro atoms. The molecule has 8 nitrogen and oxygen atoms in total. The van der Waals surface area contributed by atoms with Gasteiger partial charge in [0.05, 0.1) is 10.9 Å². The molecule has 1 heterocycles. The molecule has 9 heteroatoms. The number of carbonyl (C=O) groups excluding carboxylic acids is 2. The molecule has 31 heavy (non-hydrogen) atoms. The summed E-state index contributed by atoms with van der Waals surface area (Å²) in [5, 5.41) is 3.75. The smallest absolute Gasteiger partial charge is 0.262 e. The van der Waals surface area contributed by atoms with Crippen molar-refractivity contribution in [2.45, 2.75) is 33.4 Å². The maximum absolute atomic E-state index is 12.8. The number of nitrogens with one attached hydrogen (secondary N) is 3. The number of halogens is 1. The molecule has 0 aliphatic carbocycles. The Hall–Kier alpha value is -3.39. The molecule has 0 bridgehead atoms. The van der Waals surface area contributed by atoms with Crippen LogP contribution in [0.3, 0.4) is 0 Å². The zero-order valence-electron chi connectivity index (χ0n) is 17.5. The molecule has 1 aromatic heterocycles. The SMILES string of the molecule is CCn1c(NNC(=O)C(NC(=O)c2ccc(Cl)cc2)C(C)C)nc2ccccc2c1=O. The predicted molar refractivity (Wildman–Crippen MR) is 121 cm³/mol. The molecule has 3 aromatic rings. The second-order valence-corrected chi connectivity index (χ2v) is 7.75. The van der Waals surface area contributed by atoms with Crippen LogP contribution in [0.25, 0.3) is 10.9 Å². The van der Waals surface area contributed by atoms with E-state index >= 15 is 0 Å². The van der Waals surface area contributed by atoms with E-state index in [1.54, 1.807) is 48.5 Å². The lowest BCUT2D eigenvalue weighted by Gasteiger charge is -2.22. The lowest BCUT2D eigenvalue weighted by molar-refractivity contribution is -0.123. The zero-order valence-corrected chi connectivity index (χ0v) is 18.2. The van der Waals surface area contributed by atoms with Crippen molar-refractivity contribution in [1.82, 2.24) is 20.3 Å². The van der Waals surface area contributed by atoms with Gasteiger partial charge < -0.3 is 5.32 Å². The number of hydrazine groups is 1. The molecule has 0 aliphatic rings. The number of rotatable bonds is 7. The largest absolute Gasteiger partial charge is 0.340 e. The maximum Gasteiger partial charge on any atom is 0.262 e. The van der Waals surface area contributed by atoms with Crippen molar-refractivity contribution in [3.05, 3.63) is 69.5 Å². The second-order valence-electron chi connectivity index (χ2n) is 7.32. The highest BCUT2D eigenvalue weighted by Gasteiger charge is 2.25. The van der Waals surface area contributed by atoms with Gasteiger partial charge in [-0.2, -0.15) is 0 Å². The van der Waals surface area contributed by atoms with Gasteiger partial charge >= 0.3 is 0 Å². The number of aromatic nitrogens is 2. The van der Waals surface area contributed by atoms with Crippen LogP contribution in [-0.4, -0.2) is 27.4 Å². The molecule has 2 aromatic carbocycles. The van der Waals surface area contributed by atoms with Crippen LogP contribution in [0.1, 0.15) is 31.1 Å². The topological polar surface area (TPSA) is 105 Å². The molecule has 2 amide bonds. The van der Waals surface area contributed by atoms with Gasteiger partial charge in [0, 0.05) is 17.1 Å². The Kier molecular flexibility index (Phi) is 6.91. The summed E-state index contributed by atoms with van der Waals surface area (Å²) in [6, 6.07) is 12.6. The first-order valence-electron chi connectivity index (χ1n) is 9.93. The van der Waals surface area contributed by atoms with Crippen LogP contribution in [-0.2, 0) is 11.3 Å². The van der Waals surface area contributed by atoms with Crippen molar-refractivity contribution in [2.75, 3.05) is 5.43 Å². The summed E-state index contributed by atoms with van der Waals surface area (Å²) < 4.78 is 1.43. The van der Waals surface area contributed by atoms with Crippen LogP contribution >= 0.6 is 11.6 Å². The van der Waals surface area contributed by atoms with Crippen molar-refractivity contribution in [2.24, 2.45) is 5.92 Å². The van der Waals surface area contributed by atoms with Crippen LogP contribution < -0.4 is 21.7 Å². The quantitative estimate of drug-likeness (QED) is 0.489. The average Bonchev–Trinajstić information content (AvgIpc) is 2.76. The third kappa shape index (κ3) is 5.03. The first-order valence-corrected chi connectivity index (χ1v) is 10.3. The van der Waals surface area contributed by atoms with E-state index in [1.807, 2.05) is 20.8 Å². The summed E-state index contributed by atoms with van der Waals surface area (Å²) in [7, 11) is 0. The Morgan fingerprint density at radius 3 is 2.42 bits per heavy atom. The van der Waals surface area contributed by atoms with Gasteiger partial charge in [0.15, 0.2) is 0 Å². The third-order valence-electron chi connectivity index (χ3n) is 4.82. The number of benzene rings is 2. The van der Waals surface area contributed by atoms with Gasteiger partial charge in [-0.05, 0) is 49.2 Å². The number of amides is 2. The number of hydrogen-bond donors (Lipinski definition) is 3. The Morgan fingerprint density at radius 1 is 1.10 bits per heavy atom. The number of hydrogen-bond acceptors (Lipinski definition) is 5. The number of para-hydroxylation sites is 1. The number of fused-ring (bicyclic) bond motifs is 1. The first-order chi connectivity index (χ1) is 14.8. The van der Waals surface area contributed by atoms with E-state index < -0.39 is 11.9 Å². The highest BCUT2D eigenvalue weighted by atomic mass is 35.5. The summed E-state index contributed by atoms with van der Waals surface area (Å²) in [5.41, 5.74) is 6.01. The first kappa shape index (κ1) is 22.3. The maximum atomic E-state index is 12.8. The fraction of sp³-hybridized carbons (Fsp3) is 0.273. The van der Waals surface area contributed by atoms with E-state index in [1.165, 1.54) is 4.57 Å². The Morgan fingerprint density at radius 2 is 1.77 bits per heavy atom. The van der Waals surface area contributed by atoms with Gasteiger partial charge in [-0.25, -0.2) is 4.98 Å². The Bertz CT molecular complexity index is 1160. The van der Waals surface area contributed by atoms with Gasteiger partial charge in [0.1, 0.15) is 6.04 Å². The van der Waals surface area contributed by atoms with E-state index in [0.29, 0.717) is 28.0 Å². The van der Waals surface area contributed by atoms with Crippen LogP contribution in [0.5, 0.6) is 0 Å². The van der Waals surface area contributed by atoms with Gasteiger partial charge in [-0.3, -0.25) is 29.8 Å². The number of nitrogens with zero attached hydrogens (tertiary/aromatic N) is 2. The normalized spacial score (nSPS) is 11.9. The molecule has 3 rings (SSSR count). The molecule has 0 radical (unpaired) electrons. The van der Waals surface area contributed by atoms with Crippen molar-refractivity contribution in [3.63, 3.8) is 0 Å². The molecule has 0 aliphatic heterocycles. The monoisotopic (exact) mass is 441 g/mol. The van der Waals surface area contributed by atoms with E-state index in [-0.39, 0.29) is 23.3 Å². The van der Waals surface area contributed by atoms with Gasteiger partial charge in [-0.15, -0.1) is 0 Å². The fourth-order valence-corrected chi connectivity index (χ4v) is 3.24. The van der Waals surface area contributed by atoms with Gasteiger partial charge in [-0.1, -0.05) is 37.6 Å². The number of carbonyl (C=O) groups is 2. The van der Waals surface area contributed by atoms with E-state index in [0.717, 1.165) is 0 Å². The van der Waals surface area contributed by atoms with E-state index in [4.69, 9.17) is 11.6 Å². The molecule has 0 fully saturated rings. The fourth-order valence-electron chi connectivity index (χ4n) is 3.11. The summed E-state index contributed by atoms with van der Waals surface area (Å²) in [5.74, 6) is -0.816. The third-order valence-corrected chi connectivity index (χ3v) is 5.07. The molecular formula is C22H24ClN5O3. The van der Waals surface area contributed by atoms with E-state index in [9.17, 15) is 14.4 Å². The molecule has 162 valence electrons. The summed E-state index contributed by atoms with van der Waals surface area (Å²) in [4.78, 5) is 42.5. The Labute approximate surface area is 184 Å². The van der Waals surface area contributed by atoms with Crippen molar-refractivity contribution in [1.29, 1.82) is 0 Å². The molecule has 3 N–H and O–H groups in total. The van der Waals surface area contributed by atoms with E-state index in [2.05, 4.69) is 21.2 Å². The molecule has 0 saturated heterocycles. The average molecular weight is 442 g/mol. The van der Waals surface area contributed by atoms with Crippen molar-refractivity contribution < 1.29 is 9.59 Å². The molecule has 1 atom stereocenters. The molecule has 0 saturated carbocycles. The highest BCUT2D eigenvalue weighted by Crippen LogP contribution is 2.12. The molecule has 1 unspecified atom stereocenters. The summed E-state index contributed by atoms with van der Waals surface area (Å²) in [6.45, 7) is 5.83. The minimum atomic E-state index is -0.807. The van der Waals surface area contributed by atoms with Crippen molar-refractivity contribution >= 4 is 40.3 Å². The predicted octanol–water partition coefficient (Wildman–Crippen LogP) is 2.97. The lowest BCUT2D eigenvalue weighted by atomic mass is 10.0. The van der Waals surface area contributed by atoms with Crippen LogP contribution in [0.15, 0.2) is 53.3 Å². The second kappa shape index (κ2) is 9.61. The van der Waals surface area contributed by atoms with Crippen molar-refractivity contribution in [3.8, 4) is 0 Å². The highest BCUT2D eigenvalue weighted by molar-refractivity contribution is 6.30. The van der Waals surface area contributed by atoms with Crippen LogP contribution in [0, 0.1) is 5.92 Å². The molecular weight excluding hydrogens is 418 g/mol. The van der Waals surface area contributed by atoms with Gasteiger partial charge in [0.2, 0.25) is 5.95 Å². The zero-order chi connectivity index (χ0) is 22.5. The van der Waals surface area contributed by atoms with Gasteiger partial charge in [0.25, 0.3) is 17.4 Å². The minimum Gasteiger partial charge on any atom is -0.340 e. The minimum absolute atomic E-state index is 0.184. The van der Waals surface area contributed by atoms with Crippen LogP contribution in [0.4, 0.5) is 5.95 Å².